The van der Waals surface area contributed by atoms with Crippen LogP contribution in [-0.4, -0.2) is 50.6 Å². The lowest BCUT2D eigenvalue weighted by molar-refractivity contribution is -0.133. The van der Waals surface area contributed by atoms with Gasteiger partial charge in [-0.3, -0.25) is 14.3 Å². The average Bonchev–Trinajstić information content (AvgIpc) is 2.97. The van der Waals surface area contributed by atoms with Crippen LogP contribution in [0.25, 0.3) is 0 Å². The molecule has 1 aromatic carbocycles. The number of nitrogens with one attached hydrogen (secondary N) is 1. The van der Waals surface area contributed by atoms with Crippen molar-refractivity contribution in [1.29, 1.82) is 0 Å². The van der Waals surface area contributed by atoms with E-state index in [4.69, 9.17) is 27.9 Å². The summed E-state index contributed by atoms with van der Waals surface area (Å²) in [4.78, 5) is 26.3. The summed E-state index contributed by atoms with van der Waals surface area (Å²) in [6.07, 6.45) is 0.780. The molecule has 2 rings (SSSR count). The summed E-state index contributed by atoms with van der Waals surface area (Å²) in [5, 5.41) is 0.750. The summed E-state index contributed by atoms with van der Waals surface area (Å²) in [6, 6.07) is 4.68. The monoisotopic (exact) mass is 436 g/mol. The highest BCUT2D eigenvalue weighted by molar-refractivity contribution is 7.90. The number of likely N-dealkylation sites (tertiary alicyclic amines) is 1. The SMILES string of the molecule is CCCS(=O)(=O)NC(=O)C1(C)CCN(C(=O)COc2ccc(Cl)cc2Cl)C1. The number of hydrogen-bond acceptors (Lipinski definition) is 5. The van der Waals surface area contributed by atoms with Gasteiger partial charge in [0.25, 0.3) is 5.91 Å². The molecular weight excluding hydrogens is 415 g/mol. The first kappa shape index (κ1) is 21.8. The van der Waals surface area contributed by atoms with Crippen LogP contribution in [0.1, 0.15) is 26.7 Å². The van der Waals surface area contributed by atoms with Crippen molar-refractivity contribution in [2.45, 2.75) is 26.7 Å². The van der Waals surface area contributed by atoms with Gasteiger partial charge < -0.3 is 9.64 Å². The fourth-order valence-electron chi connectivity index (χ4n) is 2.77. The molecule has 1 saturated heterocycles. The van der Waals surface area contributed by atoms with Gasteiger partial charge in [0.15, 0.2) is 6.61 Å². The Bertz CT molecular complexity index is 831. The number of amides is 2. The number of nitrogens with zero attached hydrogens (tertiary/aromatic N) is 1. The van der Waals surface area contributed by atoms with Gasteiger partial charge in [0, 0.05) is 18.1 Å². The number of carbonyl (C=O) groups excluding carboxylic acids is 2. The van der Waals surface area contributed by atoms with Crippen LogP contribution in [0, 0.1) is 5.41 Å². The number of rotatable bonds is 7. The van der Waals surface area contributed by atoms with Gasteiger partial charge in [-0.15, -0.1) is 0 Å². The van der Waals surface area contributed by atoms with Gasteiger partial charge in [-0.05, 0) is 38.0 Å². The van der Waals surface area contributed by atoms with E-state index in [0.717, 1.165) is 0 Å². The minimum Gasteiger partial charge on any atom is -0.482 e. The molecule has 0 bridgehead atoms. The van der Waals surface area contributed by atoms with E-state index in [1.807, 2.05) is 0 Å². The first-order chi connectivity index (χ1) is 12.6. The summed E-state index contributed by atoms with van der Waals surface area (Å²) < 4.78 is 31.2. The topological polar surface area (TPSA) is 92.8 Å². The zero-order chi connectivity index (χ0) is 20.2. The van der Waals surface area contributed by atoms with Gasteiger partial charge in [0.2, 0.25) is 15.9 Å². The maximum atomic E-state index is 12.4. The second-order valence-electron chi connectivity index (χ2n) is 6.74. The molecule has 1 fully saturated rings. The summed E-state index contributed by atoms with van der Waals surface area (Å²) in [7, 11) is -3.65. The zero-order valence-corrected chi connectivity index (χ0v) is 17.5. The second-order valence-corrected chi connectivity index (χ2v) is 9.42. The van der Waals surface area contributed by atoms with Crippen LogP contribution in [0.3, 0.4) is 0 Å². The first-order valence-electron chi connectivity index (χ1n) is 8.47. The molecule has 1 aliphatic rings. The summed E-state index contributed by atoms with van der Waals surface area (Å²) in [6.45, 7) is 3.58. The first-order valence-corrected chi connectivity index (χ1v) is 10.9. The van der Waals surface area contributed by atoms with Crippen LogP contribution >= 0.6 is 23.2 Å². The van der Waals surface area contributed by atoms with Crippen LogP contribution < -0.4 is 9.46 Å². The van der Waals surface area contributed by atoms with Crippen LogP contribution in [-0.2, 0) is 19.6 Å². The maximum absolute atomic E-state index is 12.4. The standard InChI is InChI=1S/C17H22Cl2N2O5S/c1-3-8-27(24,25)20-16(23)17(2)6-7-21(11-17)15(22)10-26-14-5-4-12(18)9-13(14)19/h4-5,9H,3,6-8,10-11H2,1-2H3,(H,20,23). The zero-order valence-electron chi connectivity index (χ0n) is 15.1. The normalized spacial score (nSPS) is 19.8. The van der Waals surface area contributed by atoms with E-state index in [9.17, 15) is 18.0 Å². The van der Waals surface area contributed by atoms with Gasteiger partial charge in [-0.1, -0.05) is 30.1 Å². The molecule has 1 aromatic rings. The van der Waals surface area contributed by atoms with E-state index < -0.39 is 21.3 Å². The predicted molar refractivity (Wildman–Crippen MR) is 103 cm³/mol. The third-order valence-corrected chi connectivity index (χ3v) is 6.31. The fourth-order valence-corrected chi connectivity index (χ4v) is 4.40. The number of benzene rings is 1. The average molecular weight is 437 g/mol. The Morgan fingerprint density at radius 2 is 2.04 bits per heavy atom. The number of ether oxygens (including phenoxy) is 1. The van der Waals surface area contributed by atoms with Gasteiger partial charge in [-0.25, -0.2) is 8.42 Å². The lowest BCUT2D eigenvalue weighted by Crippen LogP contribution is -2.45. The Morgan fingerprint density at radius 3 is 2.67 bits per heavy atom. The Hall–Kier alpha value is -1.51. The third-order valence-electron chi connectivity index (χ3n) is 4.34. The van der Waals surface area contributed by atoms with Crippen molar-refractivity contribution in [3.63, 3.8) is 0 Å². The molecule has 0 aromatic heterocycles. The van der Waals surface area contributed by atoms with E-state index in [1.54, 1.807) is 26.0 Å². The Labute approximate surface area is 169 Å². The molecule has 1 unspecified atom stereocenters. The summed E-state index contributed by atoms with van der Waals surface area (Å²) >= 11 is 11.8. The molecule has 1 N–H and O–H groups in total. The van der Waals surface area contributed by atoms with Crippen LogP contribution in [0.5, 0.6) is 5.75 Å². The molecule has 0 radical (unpaired) electrons. The molecule has 1 heterocycles. The Balaban J connectivity index is 1.93. The highest BCUT2D eigenvalue weighted by Crippen LogP contribution is 2.31. The number of carbonyl (C=O) groups is 2. The van der Waals surface area contributed by atoms with Gasteiger partial charge in [-0.2, -0.15) is 0 Å². The van der Waals surface area contributed by atoms with E-state index in [1.165, 1.54) is 11.0 Å². The van der Waals surface area contributed by atoms with E-state index in [2.05, 4.69) is 4.72 Å². The van der Waals surface area contributed by atoms with Crippen molar-refractivity contribution < 1.29 is 22.7 Å². The number of sulfonamides is 1. The quantitative estimate of drug-likeness (QED) is 0.708. The predicted octanol–water partition coefficient (Wildman–Crippen LogP) is 2.47. The second kappa shape index (κ2) is 8.67. The number of hydrogen-bond donors (Lipinski definition) is 1. The van der Waals surface area contributed by atoms with Crippen LogP contribution in [0.4, 0.5) is 0 Å². The van der Waals surface area contributed by atoms with Gasteiger partial charge in [0.1, 0.15) is 5.75 Å². The molecule has 0 saturated carbocycles. The fraction of sp³-hybridized carbons (Fsp3) is 0.529. The van der Waals surface area contributed by atoms with Crippen molar-refractivity contribution in [2.75, 3.05) is 25.4 Å². The van der Waals surface area contributed by atoms with Crippen molar-refractivity contribution in [2.24, 2.45) is 5.41 Å². The van der Waals surface area contributed by atoms with Crippen molar-refractivity contribution >= 4 is 45.0 Å². The Morgan fingerprint density at radius 1 is 1.33 bits per heavy atom. The van der Waals surface area contributed by atoms with Gasteiger partial charge >= 0.3 is 0 Å². The molecule has 150 valence electrons. The van der Waals surface area contributed by atoms with Crippen molar-refractivity contribution in [3.05, 3.63) is 28.2 Å². The molecule has 27 heavy (non-hydrogen) atoms. The van der Waals surface area contributed by atoms with Crippen molar-refractivity contribution in [1.82, 2.24) is 9.62 Å². The molecule has 7 nitrogen and oxygen atoms in total. The smallest absolute Gasteiger partial charge is 0.260 e. The molecule has 1 aliphatic heterocycles. The van der Waals surface area contributed by atoms with E-state index in [0.29, 0.717) is 35.2 Å². The molecular formula is C17H22Cl2N2O5S. The molecule has 0 aliphatic carbocycles. The number of halogens is 2. The molecule has 1 atom stereocenters. The Kier molecular flexibility index (Phi) is 6.99. The van der Waals surface area contributed by atoms with Crippen molar-refractivity contribution in [3.8, 4) is 5.75 Å². The van der Waals surface area contributed by atoms with E-state index in [-0.39, 0.29) is 24.8 Å². The third kappa shape index (κ3) is 5.73. The lowest BCUT2D eigenvalue weighted by atomic mass is 9.89. The molecule has 10 heteroatoms. The summed E-state index contributed by atoms with van der Waals surface area (Å²) in [5.41, 5.74) is -0.964. The lowest BCUT2D eigenvalue weighted by Gasteiger charge is -2.23. The highest BCUT2D eigenvalue weighted by Gasteiger charge is 2.43. The van der Waals surface area contributed by atoms with Gasteiger partial charge in [0.05, 0.1) is 16.2 Å². The van der Waals surface area contributed by atoms with E-state index >= 15 is 0 Å². The minimum atomic E-state index is -3.65. The molecule has 0 spiro atoms. The highest BCUT2D eigenvalue weighted by atomic mass is 35.5. The summed E-state index contributed by atoms with van der Waals surface area (Å²) in [5.74, 6) is -0.686. The largest absolute Gasteiger partial charge is 0.482 e. The van der Waals surface area contributed by atoms with Crippen LogP contribution in [0.15, 0.2) is 18.2 Å². The minimum absolute atomic E-state index is 0.118. The van der Waals surface area contributed by atoms with Crippen LogP contribution in [0.2, 0.25) is 10.0 Å². The molecule has 2 amide bonds. The maximum Gasteiger partial charge on any atom is 0.260 e.